The summed E-state index contributed by atoms with van der Waals surface area (Å²) in [5.74, 6) is 0.230. The molecule has 1 saturated carbocycles. The maximum Gasteiger partial charge on any atom is 0.153 e. The first-order chi connectivity index (χ1) is 9.09. The van der Waals surface area contributed by atoms with Crippen LogP contribution >= 0.6 is 31.9 Å². The molecule has 1 aromatic carbocycles. The normalized spacial score (nSPS) is 16.6. The highest BCUT2D eigenvalue weighted by Gasteiger charge is 2.15. The van der Waals surface area contributed by atoms with E-state index in [9.17, 15) is 5.11 Å². The lowest BCUT2D eigenvalue weighted by Gasteiger charge is -2.22. The summed E-state index contributed by atoms with van der Waals surface area (Å²) >= 11 is 6.87. The van der Waals surface area contributed by atoms with Gasteiger partial charge in [-0.2, -0.15) is 0 Å². The van der Waals surface area contributed by atoms with E-state index >= 15 is 0 Å². The fraction of sp³-hybridized carbons (Fsp3) is 0.571. The minimum absolute atomic E-state index is 0.230. The molecular weight excluding hydrogens is 374 g/mol. The first-order valence-electron chi connectivity index (χ1n) is 6.62. The molecule has 0 unspecified atom stereocenters. The zero-order chi connectivity index (χ0) is 13.8. The number of hydrogen-bond donors (Lipinski definition) is 2. The van der Waals surface area contributed by atoms with Crippen LogP contribution in [0.5, 0.6) is 5.75 Å². The second-order valence-corrected chi connectivity index (χ2v) is 6.59. The van der Waals surface area contributed by atoms with Gasteiger partial charge in [0, 0.05) is 4.47 Å². The highest BCUT2D eigenvalue weighted by Crippen LogP contribution is 2.39. The Morgan fingerprint density at radius 1 is 1.32 bits per heavy atom. The van der Waals surface area contributed by atoms with Crippen molar-refractivity contribution >= 4 is 37.5 Å². The van der Waals surface area contributed by atoms with Crippen LogP contribution in [0.25, 0.3) is 0 Å². The lowest BCUT2D eigenvalue weighted by molar-refractivity contribution is 0.0399. The van der Waals surface area contributed by atoms with Gasteiger partial charge in [-0.1, -0.05) is 35.2 Å². The van der Waals surface area contributed by atoms with Crippen molar-refractivity contribution in [3.63, 3.8) is 0 Å². The summed E-state index contributed by atoms with van der Waals surface area (Å²) < 4.78 is 7.47. The van der Waals surface area contributed by atoms with Crippen LogP contribution in [0, 0.1) is 6.92 Å². The van der Waals surface area contributed by atoms with Gasteiger partial charge in [-0.15, -0.1) is 0 Å². The summed E-state index contributed by atoms with van der Waals surface area (Å²) in [6.45, 7) is 2.37. The predicted octanol–water partition coefficient (Wildman–Crippen LogP) is 4.94. The zero-order valence-electron chi connectivity index (χ0n) is 11.0. The molecule has 0 spiro atoms. The molecule has 1 aliphatic carbocycles. The monoisotopic (exact) mass is 391 g/mol. The Morgan fingerprint density at radius 2 is 2.00 bits per heavy atom. The average molecular weight is 393 g/mol. The molecule has 106 valence electrons. The summed E-state index contributed by atoms with van der Waals surface area (Å²) in [5, 5.41) is 13.2. The largest absolute Gasteiger partial charge is 0.505 e. The van der Waals surface area contributed by atoms with Gasteiger partial charge in [-0.3, -0.25) is 0 Å². The van der Waals surface area contributed by atoms with E-state index in [4.69, 9.17) is 4.74 Å². The van der Waals surface area contributed by atoms with Crippen molar-refractivity contribution in [1.82, 2.24) is 0 Å². The van der Waals surface area contributed by atoms with E-state index in [1.165, 1.54) is 19.3 Å². The molecule has 1 fully saturated rings. The number of halogens is 2. The lowest BCUT2D eigenvalue weighted by atomic mass is 9.98. The van der Waals surface area contributed by atoms with Crippen LogP contribution in [-0.2, 0) is 4.74 Å². The van der Waals surface area contributed by atoms with Crippen LogP contribution < -0.4 is 5.32 Å². The van der Waals surface area contributed by atoms with Gasteiger partial charge in [0.25, 0.3) is 0 Å². The van der Waals surface area contributed by atoms with Crippen molar-refractivity contribution in [2.45, 2.75) is 45.1 Å². The SMILES string of the molecule is Cc1c(Br)cc(NCOC2CCCCC2)c(O)c1Br. The van der Waals surface area contributed by atoms with E-state index < -0.39 is 0 Å². The third-order valence-electron chi connectivity index (χ3n) is 3.56. The number of benzene rings is 1. The van der Waals surface area contributed by atoms with E-state index in [1.54, 1.807) is 0 Å². The Labute approximate surface area is 131 Å². The van der Waals surface area contributed by atoms with Gasteiger partial charge in [0.2, 0.25) is 0 Å². The Kier molecular flexibility index (Phi) is 5.54. The molecular formula is C14H19Br2NO2. The van der Waals surface area contributed by atoms with Crippen LogP contribution in [0.1, 0.15) is 37.7 Å². The molecule has 1 aromatic rings. The number of rotatable bonds is 4. The van der Waals surface area contributed by atoms with E-state index in [0.717, 1.165) is 22.9 Å². The maximum atomic E-state index is 10.1. The summed E-state index contributed by atoms with van der Waals surface area (Å²) in [5.41, 5.74) is 1.66. The van der Waals surface area contributed by atoms with Crippen molar-refractivity contribution in [2.24, 2.45) is 0 Å². The second-order valence-electron chi connectivity index (χ2n) is 4.94. The van der Waals surface area contributed by atoms with Crippen molar-refractivity contribution in [3.8, 4) is 5.75 Å². The molecule has 19 heavy (non-hydrogen) atoms. The molecule has 5 heteroatoms. The van der Waals surface area contributed by atoms with Crippen molar-refractivity contribution in [3.05, 3.63) is 20.6 Å². The van der Waals surface area contributed by atoms with E-state index in [1.807, 2.05) is 13.0 Å². The highest BCUT2D eigenvalue weighted by molar-refractivity contribution is 9.11. The Bertz CT molecular complexity index is 446. The summed E-state index contributed by atoms with van der Waals surface area (Å²) in [6, 6.07) is 1.87. The van der Waals surface area contributed by atoms with Gasteiger partial charge in [0.15, 0.2) is 5.75 Å². The number of hydrogen-bond acceptors (Lipinski definition) is 3. The molecule has 3 nitrogen and oxygen atoms in total. The summed E-state index contributed by atoms with van der Waals surface area (Å²) in [7, 11) is 0. The predicted molar refractivity (Wildman–Crippen MR) is 84.7 cm³/mol. The van der Waals surface area contributed by atoms with Crippen LogP contribution in [0.2, 0.25) is 0 Å². The Balaban J connectivity index is 1.92. The van der Waals surface area contributed by atoms with Crippen LogP contribution in [0.3, 0.4) is 0 Å². The molecule has 0 atom stereocenters. The lowest BCUT2D eigenvalue weighted by Crippen LogP contribution is -2.20. The number of nitrogens with one attached hydrogen (secondary N) is 1. The van der Waals surface area contributed by atoms with Gasteiger partial charge in [0.1, 0.15) is 6.73 Å². The highest BCUT2D eigenvalue weighted by atomic mass is 79.9. The number of ether oxygens (including phenoxy) is 1. The summed E-state index contributed by atoms with van der Waals surface area (Å²) in [4.78, 5) is 0. The molecule has 0 bridgehead atoms. The second kappa shape index (κ2) is 6.95. The van der Waals surface area contributed by atoms with Crippen LogP contribution in [-0.4, -0.2) is 17.9 Å². The molecule has 0 heterocycles. The minimum Gasteiger partial charge on any atom is -0.505 e. The molecule has 2 rings (SSSR count). The number of anilines is 1. The quantitative estimate of drug-likeness (QED) is 0.562. The van der Waals surface area contributed by atoms with E-state index in [-0.39, 0.29) is 5.75 Å². The molecule has 2 N–H and O–H groups in total. The van der Waals surface area contributed by atoms with Gasteiger partial charge < -0.3 is 15.2 Å². The maximum absolute atomic E-state index is 10.1. The average Bonchev–Trinajstić information content (AvgIpc) is 2.43. The van der Waals surface area contributed by atoms with Crippen molar-refractivity contribution in [2.75, 3.05) is 12.0 Å². The van der Waals surface area contributed by atoms with Gasteiger partial charge in [0.05, 0.1) is 16.3 Å². The Morgan fingerprint density at radius 3 is 2.68 bits per heavy atom. The van der Waals surface area contributed by atoms with E-state index in [0.29, 0.717) is 23.0 Å². The molecule has 0 amide bonds. The third-order valence-corrected chi connectivity index (χ3v) is 5.35. The molecule has 0 saturated heterocycles. The van der Waals surface area contributed by atoms with Gasteiger partial charge in [-0.25, -0.2) is 0 Å². The first-order valence-corrected chi connectivity index (χ1v) is 8.21. The number of aromatic hydroxyl groups is 1. The topological polar surface area (TPSA) is 41.5 Å². The molecule has 0 aliphatic heterocycles. The van der Waals surface area contributed by atoms with Crippen LogP contribution in [0.4, 0.5) is 5.69 Å². The number of phenolic OH excluding ortho intramolecular Hbond substituents is 1. The van der Waals surface area contributed by atoms with Gasteiger partial charge >= 0.3 is 0 Å². The molecule has 1 aliphatic rings. The Hall–Kier alpha value is -0.260. The molecule has 0 radical (unpaired) electrons. The standard InChI is InChI=1S/C14H19Br2NO2/c1-9-11(15)7-12(14(18)13(9)16)17-8-19-10-5-3-2-4-6-10/h7,10,17-18H,2-6,8H2,1H3. The minimum atomic E-state index is 0.230. The first kappa shape index (κ1) is 15.1. The molecule has 0 aromatic heterocycles. The number of phenols is 1. The van der Waals surface area contributed by atoms with Crippen LogP contribution in [0.15, 0.2) is 15.0 Å². The van der Waals surface area contributed by atoms with E-state index in [2.05, 4.69) is 37.2 Å². The summed E-state index contributed by atoms with van der Waals surface area (Å²) in [6.07, 6.45) is 6.51. The zero-order valence-corrected chi connectivity index (χ0v) is 14.2. The van der Waals surface area contributed by atoms with Gasteiger partial charge in [-0.05, 0) is 47.3 Å². The smallest absolute Gasteiger partial charge is 0.153 e. The van der Waals surface area contributed by atoms with Crippen molar-refractivity contribution < 1.29 is 9.84 Å². The fourth-order valence-corrected chi connectivity index (χ4v) is 3.43. The third kappa shape index (κ3) is 3.86. The van der Waals surface area contributed by atoms with Crippen molar-refractivity contribution in [1.29, 1.82) is 0 Å². The fourth-order valence-electron chi connectivity index (χ4n) is 2.31.